The summed E-state index contributed by atoms with van der Waals surface area (Å²) in [5.41, 5.74) is -1.64. The number of carboxylic acid groups (broad SMARTS) is 2. The quantitative estimate of drug-likeness (QED) is 0.109. The molecule has 0 aromatic carbocycles. The number of nitrogens with one attached hydrogen (secondary N) is 3. The molecule has 3 amide bonds. The maximum atomic E-state index is 13.0. The smallest absolute Gasteiger partial charge is 0.303 e. The van der Waals surface area contributed by atoms with Crippen LogP contribution in [0.1, 0.15) is 114 Å². The highest BCUT2D eigenvalue weighted by Gasteiger charge is 2.33. The number of carboxylic acids is 2. The summed E-state index contributed by atoms with van der Waals surface area (Å²) < 4.78 is 5.88. The molecular formula is C32H57N3O10. The Morgan fingerprint density at radius 2 is 1.33 bits per heavy atom. The Bertz CT molecular complexity index is 990. The third-order valence-electron chi connectivity index (χ3n) is 6.89. The predicted octanol–water partition coefficient (Wildman–Crippen LogP) is 3.27. The van der Waals surface area contributed by atoms with Crippen molar-refractivity contribution in [3.63, 3.8) is 0 Å². The van der Waals surface area contributed by atoms with Crippen LogP contribution in [0, 0.1) is 17.3 Å². The summed E-state index contributed by atoms with van der Waals surface area (Å²) in [6.45, 7) is 16.2. The molecule has 260 valence electrons. The van der Waals surface area contributed by atoms with E-state index in [4.69, 9.17) is 14.9 Å². The molecule has 0 rings (SSSR count). The van der Waals surface area contributed by atoms with Crippen LogP contribution in [-0.2, 0) is 38.3 Å². The second-order valence-corrected chi connectivity index (χ2v) is 12.9. The van der Waals surface area contributed by atoms with Gasteiger partial charge in [-0.1, -0.05) is 48.5 Å². The molecule has 0 saturated carbocycles. The van der Waals surface area contributed by atoms with Crippen LogP contribution in [0.4, 0.5) is 0 Å². The number of rotatable bonds is 22. The molecule has 0 spiro atoms. The van der Waals surface area contributed by atoms with E-state index in [2.05, 4.69) is 16.0 Å². The number of carbonyl (C=O) groups is 7. The van der Waals surface area contributed by atoms with Gasteiger partial charge >= 0.3 is 11.9 Å². The van der Waals surface area contributed by atoms with E-state index in [0.717, 1.165) is 0 Å². The number of ketones is 2. The van der Waals surface area contributed by atoms with Gasteiger partial charge in [0.15, 0.2) is 0 Å². The Balaban J connectivity index is 0. The van der Waals surface area contributed by atoms with Crippen LogP contribution in [0.5, 0.6) is 0 Å². The lowest BCUT2D eigenvalue weighted by molar-refractivity contribution is -0.139. The second-order valence-electron chi connectivity index (χ2n) is 12.9. The highest BCUT2D eigenvalue weighted by molar-refractivity contribution is 5.92. The summed E-state index contributed by atoms with van der Waals surface area (Å²) in [6, 6.07) is -1.14. The topological polar surface area (TPSA) is 205 Å². The largest absolute Gasteiger partial charge is 0.481 e. The van der Waals surface area contributed by atoms with Gasteiger partial charge in [0.25, 0.3) is 0 Å². The Labute approximate surface area is 268 Å². The van der Waals surface area contributed by atoms with Gasteiger partial charge in [-0.25, -0.2) is 0 Å². The zero-order chi connectivity index (χ0) is 35.4. The molecule has 13 nitrogen and oxygen atoms in total. The zero-order valence-corrected chi connectivity index (χ0v) is 28.7. The fourth-order valence-electron chi connectivity index (χ4n) is 3.55. The van der Waals surface area contributed by atoms with E-state index in [0.29, 0.717) is 32.2 Å². The van der Waals surface area contributed by atoms with E-state index in [1.807, 2.05) is 41.5 Å². The van der Waals surface area contributed by atoms with E-state index in [1.54, 1.807) is 20.8 Å². The molecule has 0 aliphatic heterocycles. The van der Waals surface area contributed by atoms with Crippen LogP contribution in [-0.4, -0.2) is 82.8 Å². The SMILES string of the molecule is CC(C)C(=O)CCCCNC(=O)CNC(=O)C(CCC(=O)O)NC(=O)C(C)(C)CCOC(C)(C)CC(=O)C(C)C.CCC(=O)O. The minimum absolute atomic E-state index is 0.0167. The Morgan fingerprint density at radius 3 is 1.82 bits per heavy atom. The van der Waals surface area contributed by atoms with Gasteiger partial charge in [0, 0.05) is 56.1 Å². The second kappa shape index (κ2) is 22.2. The molecule has 0 fully saturated rings. The van der Waals surface area contributed by atoms with Gasteiger partial charge in [0.05, 0.1) is 12.1 Å². The summed E-state index contributed by atoms with van der Waals surface area (Å²) in [6.07, 6.45) is 2.02. The van der Waals surface area contributed by atoms with Crippen molar-refractivity contribution in [2.45, 2.75) is 125 Å². The fourth-order valence-corrected chi connectivity index (χ4v) is 3.55. The van der Waals surface area contributed by atoms with Crippen molar-refractivity contribution in [1.82, 2.24) is 16.0 Å². The van der Waals surface area contributed by atoms with Gasteiger partial charge in [-0.05, 0) is 39.5 Å². The molecule has 45 heavy (non-hydrogen) atoms. The minimum Gasteiger partial charge on any atom is -0.481 e. The third kappa shape index (κ3) is 22.8. The highest BCUT2D eigenvalue weighted by Crippen LogP contribution is 2.24. The van der Waals surface area contributed by atoms with Gasteiger partial charge in [0.1, 0.15) is 17.6 Å². The van der Waals surface area contributed by atoms with Gasteiger partial charge in [0.2, 0.25) is 17.7 Å². The Kier molecular flexibility index (Phi) is 21.6. The lowest BCUT2D eigenvalue weighted by Gasteiger charge is -2.30. The third-order valence-corrected chi connectivity index (χ3v) is 6.89. The number of carbonyl (C=O) groups excluding carboxylic acids is 5. The molecular weight excluding hydrogens is 586 g/mol. The van der Waals surface area contributed by atoms with Crippen LogP contribution in [0.25, 0.3) is 0 Å². The van der Waals surface area contributed by atoms with Crippen LogP contribution >= 0.6 is 0 Å². The number of ether oxygens (including phenoxy) is 1. The molecule has 0 aliphatic rings. The van der Waals surface area contributed by atoms with Gasteiger partial charge < -0.3 is 30.9 Å². The summed E-state index contributed by atoms with van der Waals surface area (Å²) in [7, 11) is 0. The van der Waals surface area contributed by atoms with E-state index < -0.39 is 46.7 Å². The standard InChI is InChI=1S/C29H51N3O8.C3H6O2/c1-19(2)22(33)11-9-10-15-30-24(35)18-31-26(38)21(12-13-25(36)37)32-27(39)28(5,6)14-16-40-29(7,8)17-23(34)20(3)4;1-2-3(4)5/h19-21H,9-18H2,1-8H3,(H,30,35)(H,31,38)(H,32,39)(H,36,37);2H2,1H3,(H,4,5). The summed E-state index contributed by atoms with van der Waals surface area (Å²) in [4.78, 5) is 82.1. The molecule has 0 saturated heterocycles. The average molecular weight is 644 g/mol. The van der Waals surface area contributed by atoms with E-state index >= 15 is 0 Å². The van der Waals surface area contributed by atoms with Crippen molar-refractivity contribution in [2.75, 3.05) is 19.7 Å². The lowest BCUT2D eigenvalue weighted by Crippen LogP contribution is -2.52. The Hall–Kier alpha value is -3.35. The first-order chi connectivity index (χ1) is 20.6. The van der Waals surface area contributed by atoms with Crippen LogP contribution in [0.2, 0.25) is 0 Å². The molecule has 0 aliphatic carbocycles. The molecule has 5 N–H and O–H groups in total. The predicted molar refractivity (Wildman–Crippen MR) is 169 cm³/mol. The van der Waals surface area contributed by atoms with Gasteiger partial charge in [-0.2, -0.15) is 0 Å². The van der Waals surface area contributed by atoms with Gasteiger partial charge in [-0.15, -0.1) is 0 Å². The van der Waals surface area contributed by atoms with E-state index in [-0.39, 0.29) is 62.2 Å². The first kappa shape index (κ1) is 43.8. The number of aliphatic carboxylic acids is 2. The lowest BCUT2D eigenvalue weighted by atomic mass is 9.87. The van der Waals surface area contributed by atoms with Crippen molar-refractivity contribution < 1.29 is 48.5 Å². The summed E-state index contributed by atoms with van der Waals surface area (Å²) in [5, 5.41) is 24.6. The number of unbranched alkanes of at least 4 members (excludes halogenated alkanes) is 1. The highest BCUT2D eigenvalue weighted by atomic mass is 16.5. The maximum absolute atomic E-state index is 13.0. The minimum atomic E-state index is -1.14. The molecule has 0 heterocycles. The summed E-state index contributed by atoms with van der Waals surface area (Å²) in [5.74, 6) is -3.27. The molecule has 0 radical (unpaired) electrons. The molecule has 0 bridgehead atoms. The molecule has 1 unspecified atom stereocenters. The monoisotopic (exact) mass is 643 g/mol. The zero-order valence-electron chi connectivity index (χ0n) is 28.7. The van der Waals surface area contributed by atoms with Gasteiger partial charge in [-0.3, -0.25) is 33.6 Å². The van der Waals surface area contributed by atoms with E-state index in [9.17, 15) is 33.6 Å². The van der Waals surface area contributed by atoms with Crippen LogP contribution in [0.15, 0.2) is 0 Å². The number of hydrogen-bond donors (Lipinski definition) is 5. The van der Waals surface area contributed by atoms with Crippen LogP contribution < -0.4 is 16.0 Å². The van der Waals surface area contributed by atoms with Crippen molar-refractivity contribution in [3.05, 3.63) is 0 Å². The van der Waals surface area contributed by atoms with E-state index in [1.165, 1.54) is 0 Å². The first-order valence-electron chi connectivity index (χ1n) is 15.6. The normalized spacial score (nSPS) is 12.1. The molecule has 0 aromatic heterocycles. The van der Waals surface area contributed by atoms with Crippen molar-refractivity contribution in [1.29, 1.82) is 0 Å². The van der Waals surface area contributed by atoms with Crippen molar-refractivity contribution >= 4 is 41.2 Å². The molecule has 13 heteroatoms. The van der Waals surface area contributed by atoms with Crippen LogP contribution in [0.3, 0.4) is 0 Å². The number of amides is 3. The summed E-state index contributed by atoms with van der Waals surface area (Å²) >= 11 is 0. The maximum Gasteiger partial charge on any atom is 0.303 e. The molecule has 1 atom stereocenters. The number of Topliss-reactive ketones (excluding diaryl/α,β-unsaturated/α-hetero) is 2. The fraction of sp³-hybridized carbons (Fsp3) is 0.781. The average Bonchev–Trinajstić information content (AvgIpc) is 2.92. The Morgan fingerprint density at radius 1 is 0.778 bits per heavy atom. The number of hydrogen-bond acceptors (Lipinski definition) is 8. The van der Waals surface area contributed by atoms with Crippen molar-refractivity contribution in [3.8, 4) is 0 Å². The van der Waals surface area contributed by atoms with Crippen molar-refractivity contribution in [2.24, 2.45) is 17.3 Å². The first-order valence-corrected chi connectivity index (χ1v) is 15.6. The molecule has 0 aromatic rings.